The fourth-order valence-corrected chi connectivity index (χ4v) is 4.31. The maximum atomic E-state index is 13.0. The molecule has 8 nitrogen and oxygen atoms in total. The molecular formula is C21H28N4O4. The third-order valence-corrected chi connectivity index (χ3v) is 5.50. The summed E-state index contributed by atoms with van der Waals surface area (Å²) in [4.78, 5) is 52.8. The van der Waals surface area contributed by atoms with Crippen molar-refractivity contribution in [2.24, 2.45) is 17.6 Å². The molecule has 0 aliphatic carbocycles. The van der Waals surface area contributed by atoms with Gasteiger partial charge in [0.25, 0.3) is 0 Å². The minimum Gasteiger partial charge on any atom is -0.368 e. The van der Waals surface area contributed by atoms with E-state index in [1.54, 1.807) is 9.80 Å². The number of rotatable bonds is 6. The lowest BCUT2D eigenvalue weighted by Gasteiger charge is -2.40. The molecule has 2 fully saturated rings. The van der Waals surface area contributed by atoms with Crippen LogP contribution in [0.4, 0.5) is 0 Å². The monoisotopic (exact) mass is 400 g/mol. The van der Waals surface area contributed by atoms with Crippen LogP contribution in [0.2, 0.25) is 0 Å². The Kier molecular flexibility index (Phi) is 6.20. The summed E-state index contributed by atoms with van der Waals surface area (Å²) in [5, 5.41) is 2.58. The first-order valence-corrected chi connectivity index (χ1v) is 9.97. The fourth-order valence-electron chi connectivity index (χ4n) is 4.31. The molecule has 2 saturated heterocycles. The zero-order chi connectivity index (χ0) is 21.1. The highest BCUT2D eigenvalue weighted by atomic mass is 16.2. The molecule has 0 saturated carbocycles. The Hall–Kier alpha value is -2.90. The lowest BCUT2D eigenvalue weighted by atomic mass is 9.92. The highest BCUT2D eigenvalue weighted by Gasteiger charge is 2.50. The second-order valence-corrected chi connectivity index (χ2v) is 8.21. The van der Waals surface area contributed by atoms with Crippen LogP contribution in [-0.4, -0.2) is 59.1 Å². The molecule has 3 atom stereocenters. The van der Waals surface area contributed by atoms with E-state index in [9.17, 15) is 19.2 Å². The van der Waals surface area contributed by atoms with Gasteiger partial charge < -0.3 is 20.9 Å². The van der Waals surface area contributed by atoms with E-state index in [-0.39, 0.29) is 42.8 Å². The number of hydrogen-bond acceptors (Lipinski definition) is 4. The fraction of sp³-hybridized carbons (Fsp3) is 0.524. The van der Waals surface area contributed by atoms with Gasteiger partial charge in [-0.3, -0.25) is 19.2 Å². The van der Waals surface area contributed by atoms with Gasteiger partial charge in [-0.25, -0.2) is 0 Å². The van der Waals surface area contributed by atoms with Gasteiger partial charge in [0.2, 0.25) is 23.6 Å². The minimum absolute atomic E-state index is 0.0288. The molecule has 4 amide bonds. The Morgan fingerprint density at radius 2 is 1.90 bits per heavy atom. The Morgan fingerprint density at radius 3 is 2.52 bits per heavy atom. The predicted octanol–water partition coefficient (Wildman–Crippen LogP) is 0.435. The normalized spacial score (nSPS) is 23.8. The summed E-state index contributed by atoms with van der Waals surface area (Å²) in [6, 6.07) is 8.74. The molecule has 2 aliphatic heterocycles. The first kappa shape index (κ1) is 20.8. The summed E-state index contributed by atoms with van der Waals surface area (Å²) < 4.78 is 0. The molecule has 2 heterocycles. The largest absolute Gasteiger partial charge is 0.368 e. The van der Waals surface area contributed by atoms with Crippen molar-refractivity contribution in [2.45, 2.75) is 38.8 Å². The molecular weight excluding hydrogens is 372 g/mol. The van der Waals surface area contributed by atoms with Gasteiger partial charge in [0, 0.05) is 13.0 Å². The Balaban J connectivity index is 1.85. The first-order valence-electron chi connectivity index (χ1n) is 9.97. The summed E-state index contributed by atoms with van der Waals surface area (Å²) >= 11 is 0. The van der Waals surface area contributed by atoms with Crippen LogP contribution in [0.5, 0.6) is 0 Å². The summed E-state index contributed by atoms with van der Waals surface area (Å²) in [6.07, 6.45) is 0.825. The van der Waals surface area contributed by atoms with Crippen molar-refractivity contribution in [1.82, 2.24) is 15.1 Å². The lowest BCUT2D eigenvalue weighted by molar-refractivity contribution is -0.149. The number of amides is 4. The van der Waals surface area contributed by atoms with Crippen LogP contribution in [0.1, 0.15) is 38.3 Å². The number of primary amides is 1. The van der Waals surface area contributed by atoms with Gasteiger partial charge in [0.15, 0.2) is 0 Å². The smallest absolute Gasteiger partial charge is 0.243 e. The third-order valence-electron chi connectivity index (χ3n) is 5.50. The van der Waals surface area contributed by atoms with E-state index in [1.807, 2.05) is 44.2 Å². The molecule has 0 aromatic heterocycles. The number of piperazine rings is 1. The highest BCUT2D eigenvalue weighted by molar-refractivity contribution is 5.90. The average Bonchev–Trinajstić information content (AvgIpc) is 3.06. The van der Waals surface area contributed by atoms with E-state index in [1.165, 1.54) is 0 Å². The topological polar surface area (TPSA) is 113 Å². The molecule has 29 heavy (non-hydrogen) atoms. The highest BCUT2D eigenvalue weighted by Crippen LogP contribution is 2.43. The molecule has 8 heteroatoms. The Labute approximate surface area is 170 Å². The molecule has 1 aromatic rings. The van der Waals surface area contributed by atoms with Gasteiger partial charge >= 0.3 is 0 Å². The van der Waals surface area contributed by atoms with Crippen LogP contribution in [0.3, 0.4) is 0 Å². The zero-order valence-electron chi connectivity index (χ0n) is 16.8. The van der Waals surface area contributed by atoms with Crippen molar-refractivity contribution in [3.8, 4) is 0 Å². The second-order valence-electron chi connectivity index (χ2n) is 8.21. The van der Waals surface area contributed by atoms with Gasteiger partial charge in [-0.2, -0.15) is 0 Å². The van der Waals surface area contributed by atoms with E-state index in [0.29, 0.717) is 19.4 Å². The number of nitrogens with one attached hydrogen (secondary N) is 1. The second kappa shape index (κ2) is 8.63. The van der Waals surface area contributed by atoms with Crippen LogP contribution in [0, 0.1) is 11.8 Å². The van der Waals surface area contributed by atoms with Crippen LogP contribution in [0.15, 0.2) is 30.3 Å². The lowest BCUT2D eigenvalue weighted by Crippen LogP contribution is -2.56. The number of carbonyl (C=O) groups excluding carboxylic acids is 4. The summed E-state index contributed by atoms with van der Waals surface area (Å²) in [6.45, 7) is 4.14. The van der Waals surface area contributed by atoms with E-state index in [4.69, 9.17) is 5.73 Å². The number of carbonyl (C=O) groups is 4. The maximum Gasteiger partial charge on any atom is 0.243 e. The number of nitrogens with two attached hydrogens (primary N) is 1. The molecule has 3 N–H and O–H groups in total. The third kappa shape index (κ3) is 4.58. The summed E-state index contributed by atoms with van der Waals surface area (Å²) in [5.41, 5.74) is 6.02. The van der Waals surface area contributed by atoms with Crippen molar-refractivity contribution in [3.05, 3.63) is 35.9 Å². The van der Waals surface area contributed by atoms with Crippen molar-refractivity contribution < 1.29 is 19.2 Å². The van der Waals surface area contributed by atoms with Crippen molar-refractivity contribution in [2.75, 3.05) is 19.6 Å². The first-order chi connectivity index (χ1) is 13.8. The Bertz CT molecular complexity index is 795. The van der Waals surface area contributed by atoms with Crippen LogP contribution in [0.25, 0.3) is 0 Å². The summed E-state index contributed by atoms with van der Waals surface area (Å²) in [5.74, 6) is -1.41. The predicted molar refractivity (Wildman–Crippen MR) is 106 cm³/mol. The number of fused-ring (bicyclic) bond motifs is 1. The molecule has 1 aromatic carbocycles. The van der Waals surface area contributed by atoms with E-state index >= 15 is 0 Å². The van der Waals surface area contributed by atoms with Gasteiger partial charge in [-0.1, -0.05) is 44.2 Å². The van der Waals surface area contributed by atoms with Gasteiger partial charge in [-0.05, 0) is 17.9 Å². The molecule has 3 rings (SSSR count). The van der Waals surface area contributed by atoms with E-state index in [2.05, 4.69) is 5.32 Å². The van der Waals surface area contributed by atoms with Crippen molar-refractivity contribution in [1.29, 1.82) is 0 Å². The van der Waals surface area contributed by atoms with Gasteiger partial charge in [0.05, 0.1) is 31.1 Å². The van der Waals surface area contributed by atoms with Gasteiger partial charge in [-0.15, -0.1) is 0 Å². The molecule has 0 bridgehead atoms. The summed E-state index contributed by atoms with van der Waals surface area (Å²) in [7, 11) is 0. The number of hydrogen-bond donors (Lipinski definition) is 2. The standard InChI is InChI=1S/C21H28N4O4/c1-13(2)8-18(27)24-11-15-9-16(21(29)23-10-17(22)26)20(25(15)19(28)12-24)14-6-4-3-5-7-14/h3-7,13,15-16,20H,8-12H2,1-2H3,(H2,22,26)(H,23,29)/t15-,16-,20-/m0/s1. The number of nitrogens with zero attached hydrogens (tertiary/aromatic N) is 2. The van der Waals surface area contributed by atoms with E-state index < -0.39 is 17.9 Å². The van der Waals surface area contributed by atoms with Crippen molar-refractivity contribution in [3.63, 3.8) is 0 Å². The zero-order valence-corrected chi connectivity index (χ0v) is 16.8. The van der Waals surface area contributed by atoms with Gasteiger partial charge in [0.1, 0.15) is 0 Å². The molecule has 0 unspecified atom stereocenters. The van der Waals surface area contributed by atoms with Crippen LogP contribution >= 0.6 is 0 Å². The van der Waals surface area contributed by atoms with Crippen LogP contribution < -0.4 is 11.1 Å². The van der Waals surface area contributed by atoms with E-state index in [0.717, 1.165) is 5.56 Å². The molecule has 0 spiro atoms. The molecule has 0 radical (unpaired) electrons. The minimum atomic E-state index is -0.619. The maximum absolute atomic E-state index is 13.0. The number of benzene rings is 1. The molecule has 156 valence electrons. The molecule has 2 aliphatic rings. The Morgan fingerprint density at radius 1 is 1.21 bits per heavy atom. The van der Waals surface area contributed by atoms with Crippen molar-refractivity contribution >= 4 is 23.6 Å². The quantitative estimate of drug-likeness (QED) is 0.721. The SMILES string of the molecule is CC(C)CC(=O)N1CC(=O)N2[C@@H](C[C@H](C(=O)NCC(N)=O)[C@@H]2c2ccccc2)C1. The average molecular weight is 400 g/mol. The van der Waals surface area contributed by atoms with Crippen LogP contribution in [-0.2, 0) is 19.2 Å².